The fourth-order valence-electron chi connectivity index (χ4n) is 3.80. The molecule has 0 spiro atoms. The maximum absolute atomic E-state index is 13.1. The van der Waals surface area contributed by atoms with Crippen molar-refractivity contribution < 1.29 is 23.7 Å². The molecule has 4 aromatic rings. The molecule has 8 heteroatoms. The van der Waals surface area contributed by atoms with Gasteiger partial charge in [0.25, 0.3) is 5.91 Å². The van der Waals surface area contributed by atoms with Crippen molar-refractivity contribution in [2.75, 3.05) is 21.0 Å². The van der Waals surface area contributed by atoms with E-state index in [1.165, 1.54) is 0 Å². The van der Waals surface area contributed by atoms with E-state index in [1.54, 1.807) is 25.6 Å². The molecule has 3 heterocycles. The van der Waals surface area contributed by atoms with Gasteiger partial charge in [-0.25, -0.2) is 0 Å². The number of benzene rings is 2. The molecule has 0 fully saturated rings. The molecule has 0 bridgehead atoms. The number of carbonyl (C=O) groups is 1. The Bertz CT molecular complexity index is 1270. The molecule has 0 aliphatic carbocycles. The zero-order chi connectivity index (χ0) is 22.1. The highest BCUT2D eigenvalue weighted by molar-refractivity contribution is 7.17. The van der Waals surface area contributed by atoms with Crippen molar-refractivity contribution in [2.24, 2.45) is 0 Å². The molecule has 2 aromatic carbocycles. The van der Waals surface area contributed by atoms with E-state index in [0.717, 1.165) is 27.1 Å². The summed E-state index contributed by atoms with van der Waals surface area (Å²) in [5, 5.41) is 5.06. The predicted molar refractivity (Wildman–Crippen MR) is 122 cm³/mol. The van der Waals surface area contributed by atoms with Crippen LogP contribution >= 0.6 is 11.3 Å². The molecule has 0 radical (unpaired) electrons. The number of hydrogen-bond donors (Lipinski definition) is 1. The van der Waals surface area contributed by atoms with Crippen molar-refractivity contribution in [3.05, 3.63) is 70.7 Å². The van der Waals surface area contributed by atoms with Crippen LogP contribution in [0.15, 0.2) is 53.9 Å². The summed E-state index contributed by atoms with van der Waals surface area (Å²) in [4.78, 5) is 13.1. The molecule has 1 amide bonds. The lowest BCUT2D eigenvalue weighted by atomic mass is 10.2. The minimum absolute atomic E-state index is 0.138. The second-order valence-corrected chi connectivity index (χ2v) is 8.32. The van der Waals surface area contributed by atoms with E-state index in [-0.39, 0.29) is 12.7 Å². The van der Waals surface area contributed by atoms with Gasteiger partial charge in [-0.05, 0) is 52.9 Å². The lowest BCUT2D eigenvalue weighted by molar-refractivity contribution is 0.0942. The third-order valence-corrected chi connectivity index (χ3v) is 6.25. The van der Waals surface area contributed by atoms with Crippen LogP contribution in [0.3, 0.4) is 0 Å². The molecular formula is C24H22N2O5S. The third-order valence-electron chi connectivity index (χ3n) is 5.40. The Morgan fingerprint density at radius 1 is 1.00 bits per heavy atom. The summed E-state index contributed by atoms with van der Waals surface area (Å²) in [6.07, 6.45) is 0. The van der Waals surface area contributed by atoms with E-state index in [9.17, 15) is 4.79 Å². The van der Waals surface area contributed by atoms with Crippen LogP contribution in [-0.4, -0.2) is 31.5 Å². The summed E-state index contributed by atoms with van der Waals surface area (Å²) >= 11 is 1.61. The maximum atomic E-state index is 13.1. The fraction of sp³-hybridized carbons (Fsp3) is 0.208. The molecule has 0 atom stereocenters. The zero-order valence-corrected chi connectivity index (χ0v) is 18.5. The SMILES string of the molecule is COc1cc(Cn2c(C(=O)NCc3ccc4c(c3)OCO4)cc3sccc32)cc(OC)c1. The number of amides is 1. The number of thiophene rings is 1. The smallest absolute Gasteiger partial charge is 0.268 e. The highest BCUT2D eigenvalue weighted by Crippen LogP contribution is 2.33. The minimum Gasteiger partial charge on any atom is -0.497 e. The van der Waals surface area contributed by atoms with E-state index in [1.807, 2.05) is 58.5 Å². The summed E-state index contributed by atoms with van der Waals surface area (Å²) in [7, 11) is 3.25. The summed E-state index contributed by atoms with van der Waals surface area (Å²) in [5.41, 5.74) is 3.55. The van der Waals surface area contributed by atoms with Gasteiger partial charge in [-0.15, -0.1) is 11.3 Å². The molecule has 0 unspecified atom stereocenters. The average molecular weight is 451 g/mol. The number of nitrogens with one attached hydrogen (secondary N) is 1. The zero-order valence-electron chi connectivity index (χ0n) is 17.7. The molecule has 1 N–H and O–H groups in total. The van der Waals surface area contributed by atoms with E-state index >= 15 is 0 Å². The van der Waals surface area contributed by atoms with Crippen LogP contribution in [0.5, 0.6) is 23.0 Å². The number of nitrogens with zero attached hydrogens (tertiary/aromatic N) is 1. The number of aromatic nitrogens is 1. The molecule has 2 aromatic heterocycles. The summed E-state index contributed by atoms with van der Waals surface area (Å²) in [6.45, 7) is 1.13. The van der Waals surface area contributed by atoms with Gasteiger partial charge in [0.15, 0.2) is 11.5 Å². The first-order chi connectivity index (χ1) is 15.6. The van der Waals surface area contributed by atoms with Gasteiger partial charge in [0.2, 0.25) is 6.79 Å². The number of rotatable bonds is 7. The lowest BCUT2D eigenvalue weighted by Crippen LogP contribution is -2.25. The van der Waals surface area contributed by atoms with E-state index in [2.05, 4.69) is 5.32 Å². The lowest BCUT2D eigenvalue weighted by Gasteiger charge is -2.13. The molecule has 5 rings (SSSR count). The van der Waals surface area contributed by atoms with Gasteiger partial charge in [0.1, 0.15) is 17.2 Å². The van der Waals surface area contributed by atoms with Gasteiger partial charge in [-0.1, -0.05) is 6.07 Å². The van der Waals surface area contributed by atoms with Crippen LogP contribution in [0.1, 0.15) is 21.6 Å². The van der Waals surface area contributed by atoms with Crippen molar-refractivity contribution in [1.29, 1.82) is 0 Å². The van der Waals surface area contributed by atoms with Crippen LogP contribution in [0.4, 0.5) is 0 Å². The Morgan fingerprint density at radius 3 is 2.56 bits per heavy atom. The Balaban J connectivity index is 1.40. The van der Waals surface area contributed by atoms with Gasteiger partial charge in [0, 0.05) is 19.2 Å². The number of ether oxygens (including phenoxy) is 4. The largest absolute Gasteiger partial charge is 0.497 e. The Kier molecular flexibility index (Phi) is 5.36. The molecule has 7 nitrogen and oxygen atoms in total. The first-order valence-corrected chi connectivity index (χ1v) is 11.0. The van der Waals surface area contributed by atoms with Crippen LogP contribution in [0.25, 0.3) is 10.2 Å². The number of carbonyl (C=O) groups excluding carboxylic acids is 1. The Morgan fingerprint density at radius 2 is 1.78 bits per heavy atom. The predicted octanol–water partition coefficient (Wildman–Crippen LogP) is 4.43. The van der Waals surface area contributed by atoms with Crippen molar-refractivity contribution in [3.63, 3.8) is 0 Å². The Labute approximate surface area is 189 Å². The summed E-state index contributed by atoms with van der Waals surface area (Å²) in [5.74, 6) is 2.71. The molecule has 0 saturated carbocycles. The van der Waals surface area contributed by atoms with Crippen LogP contribution in [-0.2, 0) is 13.1 Å². The highest BCUT2D eigenvalue weighted by atomic mass is 32.1. The van der Waals surface area contributed by atoms with Gasteiger partial charge in [0.05, 0.1) is 24.4 Å². The fourth-order valence-corrected chi connectivity index (χ4v) is 4.62. The molecule has 164 valence electrons. The molecular weight excluding hydrogens is 428 g/mol. The quantitative estimate of drug-likeness (QED) is 0.451. The van der Waals surface area contributed by atoms with Crippen LogP contribution in [0, 0.1) is 0 Å². The molecule has 1 aliphatic heterocycles. The van der Waals surface area contributed by atoms with E-state index in [0.29, 0.717) is 36.0 Å². The van der Waals surface area contributed by atoms with Crippen LogP contribution in [0.2, 0.25) is 0 Å². The molecule has 1 aliphatic rings. The van der Waals surface area contributed by atoms with E-state index in [4.69, 9.17) is 18.9 Å². The topological polar surface area (TPSA) is 71.0 Å². The van der Waals surface area contributed by atoms with Gasteiger partial charge < -0.3 is 28.8 Å². The summed E-state index contributed by atoms with van der Waals surface area (Å²) in [6, 6.07) is 15.4. The van der Waals surface area contributed by atoms with Gasteiger partial charge in [-0.2, -0.15) is 0 Å². The number of hydrogen-bond acceptors (Lipinski definition) is 6. The average Bonchev–Trinajstić information content (AvgIpc) is 3.54. The second kappa shape index (κ2) is 8.47. The van der Waals surface area contributed by atoms with Crippen molar-refractivity contribution in [2.45, 2.75) is 13.1 Å². The van der Waals surface area contributed by atoms with Gasteiger partial charge >= 0.3 is 0 Å². The first kappa shape index (κ1) is 20.3. The van der Waals surface area contributed by atoms with Crippen LogP contribution < -0.4 is 24.3 Å². The van der Waals surface area contributed by atoms with Crippen molar-refractivity contribution in [1.82, 2.24) is 9.88 Å². The number of fused-ring (bicyclic) bond motifs is 2. The van der Waals surface area contributed by atoms with Gasteiger partial charge in [-0.3, -0.25) is 4.79 Å². The molecule has 0 saturated heterocycles. The standard InChI is InChI=1S/C24H22N2O5S/c1-28-17-7-16(8-18(10-17)29-2)13-26-19-5-6-32-23(19)11-20(26)24(27)25-12-15-3-4-21-22(9-15)31-14-30-21/h3-11H,12-14H2,1-2H3,(H,25,27). The van der Waals surface area contributed by atoms with Crippen molar-refractivity contribution in [3.8, 4) is 23.0 Å². The normalized spacial score (nSPS) is 12.2. The van der Waals surface area contributed by atoms with Crippen molar-refractivity contribution >= 4 is 27.5 Å². The highest BCUT2D eigenvalue weighted by Gasteiger charge is 2.18. The maximum Gasteiger partial charge on any atom is 0.268 e. The third kappa shape index (κ3) is 3.85. The minimum atomic E-state index is -0.138. The first-order valence-electron chi connectivity index (χ1n) is 10.1. The molecule has 32 heavy (non-hydrogen) atoms. The monoisotopic (exact) mass is 450 g/mol. The Hall–Kier alpha value is -3.65. The number of methoxy groups -OCH3 is 2. The second-order valence-electron chi connectivity index (χ2n) is 7.38. The van der Waals surface area contributed by atoms with E-state index < -0.39 is 0 Å². The summed E-state index contributed by atoms with van der Waals surface area (Å²) < 4.78 is 24.7.